The minimum absolute atomic E-state index is 0.0654. The molecule has 0 amide bonds. The second-order valence-electron chi connectivity index (χ2n) is 3.20. The fourth-order valence-corrected chi connectivity index (χ4v) is 2.04. The highest BCUT2D eigenvalue weighted by Gasteiger charge is 2.11. The van der Waals surface area contributed by atoms with Gasteiger partial charge in [0.1, 0.15) is 11.5 Å². The molecule has 0 aliphatic carbocycles. The summed E-state index contributed by atoms with van der Waals surface area (Å²) in [5, 5.41) is 8.65. The van der Waals surface area contributed by atoms with Crippen LogP contribution in [0.4, 0.5) is 0 Å². The Hall–Kier alpha value is -1.23. The number of aryl methyl sites for hydroxylation is 1. The van der Waals surface area contributed by atoms with E-state index in [-0.39, 0.29) is 6.42 Å². The fraction of sp³-hybridized carbons (Fsp3) is 0.364. The normalized spacial score (nSPS) is 9.94. The first-order valence-corrected chi connectivity index (χ1v) is 5.50. The van der Waals surface area contributed by atoms with Crippen LogP contribution in [0.1, 0.15) is 12.0 Å². The zero-order valence-corrected chi connectivity index (χ0v) is 10.7. The number of hydrogen-bond donors (Lipinski definition) is 1. The molecule has 0 fully saturated rings. The van der Waals surface area contributed by atoms with Gasteiger partial charge in [-0.3, -0.25) is 4.79 Å². The third kappa shape index (κ3) is 3.13. The third-order valence-electron chi connectivity index (χ3n) is 2.14. The molecular formula is C11H13BrO4. The average Bonchev–Trinajstić information content (AvgIpc) is 2.25. The molecule has 0 aliphatic rings. The standard InChI is InChI=1S/C11H13BrO4/c1-15-8-5-7(3-4-10(13)14)11(16-2)9(12)6-8/h5-6H,3-4H2,1-2H3,(H,13,14). The molecular weight excluding hydrogens is 276 g/mol. The summed E-state index contributed by atoms with van der Waals surface area (Å²) in [5.74, 6) is 0.496. The monoisotopic (exact) mass is 288 g/mol. The van der Waals surface area contributed by atoms with E-state index >= 15 is 0 Å². The lowest BCUT2D eigenvalue weighted by Gasteiger charge is -2.11. The number of methoxy groups -OCH3 is 2. The van der Waals surface area contributed by atoms with Crippen LogP contribution in [0.2, 0.25) is 0 Å². The highest BCUT2D eigenvalue weighted by molar-refractivity contribution is 9.10. The molecule has 0 bridgehead atoms. The maximum Gasteiger partial charge on any atom is 0.303 e. The molecule has 0 radical (unpaired) electrons. The van der Waals surface area contributed by atoms with E-state index < -0.39 is 5.97 Å². The largest absolute Gasteiger partial charge is 0.497 e. The molecule has 0 spiro atoms. The van der Waals surface area contributed by atoms with E-state index in [1.807, 2.05) is 0 Å². The lowest BCUT2D eigenvalue weighted by molar-refractivity contribution is -0.136. The molecule has 0 heterocycles. The van der Waals surface area contributed by atoms with Crippen molar-refractivity contribution in [3.05, 3.63) is 22.2 Å². The van der Waals surface area contributed by atoms with Crippen molar-refractivity contribution < 1.29 is 19.4 Å². The summed E-state index contributed by atoms with van der Waals surface area (Å²) in [6.07, 6.45) is 0.476. The van der Waals surface area contributed by atoms with Crippen molar-refractivity contribution in [2.75, 3.05) is 14.2 Å². The third-order valence-corrected chi connectivity index (χ3v) is 2.73. The van der Waals surface area contributed by atoms with Crippen LogP contribution in [-0.2, 0) is 11.2 Å². The van der Waals surface area contributed by atoms with Crippen LogP contribution in [0.15, 0.2) is 16.6 Å². The van der Waals surface area contributed by atoms with Crippen LogP contribution < -0.4 is 9.47 Å². The number of carboxylic acid groups (broad SMARTS) is 1. The first-order valence-electron chi connectivity index (χ1n) is 4.70. The molecule has 16 heavy (non-hydrogen) atoms. The molecule has 1 aromatic rings. The lowest BCUT2D eigenvalue weighted by atomic mass is 10.1. The van der Waals surface area contributed by atoms with Gasteiger partial charge >= 0.3 is 5.97 Å². The van der Waals surface area contributed by atoms with Crippen LogP contribution >= 0.6 is 15.9 Å². The summed E-state index contributed by atoms with van der Waals surface area (Å²) in [6.45, 7) is 0. The number of ether oxygens (including phenoxy) is 2. The Balaban J connectivity index is 3.02. The van der Waals surface area contributed by atoms with Crippen LogP contribution in [0.25, 0.3) is 0 Å². The molecule has 4 nitrogen and oxygen atoms in total. The predicted octanol–water partition coefficient (Wildman–Crippen LogP) is 2.48. The topological polar surface area (TPSA) is 55.8 Å². The summed E-state index contributed by atoms with van der Waals surface area (Å²) in [4.78, 5) is 10.5. The molecule has 0 atom stereocenters. The SMILES string of the molecule is COc1cc(Br)c(OC)c(CCC(=O)O)c1. The number of aliphatic carboxylic acids is 1. The molecule has 0 saturated heterocycles. The Kier molecular flexibility index (Phi) is 4.61. The van der Waals surface area contributed by atoms with Crippen molar-refractivity contribution in [2.24, 2.45) is 0 Å². The summed E-state index contributed by atoms with van der Waals surface area (Å²) in [7, 11) is 3.12. The second-order valence-corrected chi connectivity index (χ2v) is 4.05. The summed E-state index contributed by atoms with van der Waals surface area (Å²) in [6, 6.07) is 3.57. The van der Waals surface area contributed by atoms with E-state index in [0.29, 0.717) is 17.9 Å². The van der Waals surface area contributed by atoms with E-state index in [4.69, 9.17) is 14.6 Å². The fourth-order valence-electron chi connectivity index (χ4n) is 1.40. The number of hydrogen-bond acceptors (Lipinski definition) is 3. The van der Waals surface area contributed by atoms with E-state index in [1.165, 1.54) is 0 Å². The quantitative estimate of drug-likeness (QED) is 0.904. The van der Waals surface area contributed by atoms with Gasteiger partial charge in [-0.05, 0) is 40.0 Å². The maximum atomic E-state index is 10.5. The van der Waals surface area contributed by atoms with Gasteiger partial charge in [-0.15, -0.1) is 0 Å². The minimum Gasteiger partial charge on any atom is -0.497 e. The maximum absolute atomic E-state index is 10.5. The predicted molar refractivity (Wildman–Crippen MR) is 63.2 cm³/mol. The van der Waals surface area contributed by atoms with Crippen molar-refractivity contribution in [1.82, 2.24) is 0 Å². The van der Waals surface area contributed by atoms with Crippen molar-refractivity contribution in [2.45, 2.75) is 12.8 Å². The Morgan fingerprint density at radius 2 is 2.06 bits per heavy atom. The van der Waals surface area contributed by atoms with E-state index in [9.17, 15) is 4.79 Å². The molecule has 1 N–H and O–H groups in total. The van der Waals surface area contributed by atoms with Crippen molar-refractivity contribution in [1.29, 1.82) is 0 Å². The lowest BCUT2D eigenvalue weighted by Crippen LogP contribution is -2.00. The van der Waals surface area contributed by atoms with Crippen molar-refractivity contribution in [3.8, 4) is 11.5 Å². The molecule has 1 aromatic carbocycles. The van der Waals surface area contributed by atoms with Gasteiger partial charge in [0, 0.05) is 6.42 Å². The summed E-state index contributed by atoms with van der Waals surface area (Å²) < 4.78 is 11.1. The zero-order valence-electron chi connectivity index (χ0n) is 9.12. The number of halogens is 1. The summed E-state index contributed by atoms with van der Waals surface area (Å²) >= 11 is 3.35. The van der Waals surface area contributed by atoms with Gasteiger partial charge in [0.25, 0.3) is 0 Å². The Morgan fingerprint density at radius 3 is 2.56 bits per heavy atom. The van der Waals surface area contributed by atoms with Gasteiger partial charge in [0.05, 0.1) is 18.7 Å². The summed E-state index contributed by atoms with van der Waals surface area (Å²) in [5.41, 5.74) is 0.816. The Morgan fingerprint density at radius 1 is 1.38 bits per heavy atom. The second kappa shape index (κ2) is 5.75. The van der Waals surface area contributed by atoms with E-state index in [0.717, 1.165) is 10.0 Å². The highest BCUT2D eigenvalue weighted by Crippen LogP contribution is 2.34. The van der Waals surface area contributed by atoms with Gasteiger partial charge in [0.15, 0.2) is 0 Å². The first-order chi connectivity index (χ1) is 7.58. The van der Waals surface area contributed by atoms with Crippen LogP contribution in [0.3, 0.4) is 0 Å². The number of carboxylic acids is 1. The number of rotatable bonds is 5. The molecule has 0 aliphatic heterocycles. The molecule has 0 aromatic heterocycles. The number of benzene rings is 1. The highest BCUT2D eigenvalue weighted by atomic mass is 79.9. The van der Waals surface area contributed by atoms with E-state index in [2.05, 4.69) is 15.9 Å². The molecule has 0 unspecified atom stereocenters. The van der Waals surface area contributed by atoms with Gasteiger partial charge in [-0.1, -0.05) is 0 Å². The van der Waals surface area contributed by atoms with Gasteiger partial charge in [0.2, 0.25) is 0 Å². The smallest absolute Gasteiger partial charge is 0.303 e. The van der Waals surface area contributed by atoms with Gasteiger partial charge < -0.3 is 14.6 Å². The minimum atomic E-state index is -0.832. The van der Waals surface area contributed by atoms with Gasteiger partial charge in [-0.25, -0.2) is 0 Å². The van der Waals surface area contributed by atoms with Crippen LogP contribution in [-0.4, -0.2) is 25.3 Å². The van der Waals surface area contributed by atoms with Gasteiger partial charge in [-0.2, -0.15) is 0 Å². The number of carbonyl (C=O) groups is 1. The van der Waals surface area contributed by atoms with Crippen molar-refractivity contribution in [3.63, 3.8) is 0 Å². The Bertz CT molecular complexity index is 390. The van der Waals surface area contributed by atoms with Crippen LogP contribution in [0.5, 0.6) is 11.5 Å². The molecule has 1 rings (SSSR count). The Labute approximate surface area is 102 Å². The van der Waals surface area contributed by atoms with Crippen LogP contribution in [0, 0.1) is 0 Å². The van der Waals surface area contributed by atoms with Crippen molar-refractivity contribution >= 4 is 21.9 Å². The molecule has 0 saturated carbocycles. The zero-order chi connectivity index (χ0) is 12.1. The molecule has 5 heteroatoms. The first kappa shape index (κ1) is 12.8. The van der Waals surface area contributed by atoms with E-state index in [1.54, 1.807) is 26.4 Å². The molecule has 88 valence electrons. The average molecular weight is 289 g/mol.